The quantitative estimate of drug-likeness (QED) is 0.928. The van der Waals surface area contributed by atoms with Crippen LogP contribution < -0.4 is 5.32 Å². The maximum atomic E-state index is 12.9. The van der Waals surface area contributed by atoms with Gasteiger partial charge in [-0.15, -0.1) is 0 Å². The lowest BCUT2D eigenvalue weighted by molar-refractivity contribution is 0.0963. The first kappa shape index (κ1) is 15.8. The normalized spacial score (nSPS) is 18.4. The number of nitrogens with one attached hydrogen (secondary N) is 1. The van der Waals surface area contributed by atoms with Crippen LogP contribution in [0.15, 0.2) is 47.5 Å². The molecule has 23 heavy (non-hydrogen) atoms. The molecule has 0 saturated carbocycles. The maximum absolute atomic E-state index is 12.9. The van der Waals surface area contributed by atoms with Gasteiger partial charge in [-0.1, -0.05) is 0 Å². The molecule has 2 aromatic rings. The minimum absolute atomic E-state index is 0.206. The molecule has 2 heterocycles. The first-order chi connectivity index (χ1) is 10.9. The number of fused-ring (bicyclic) bond motifs is 1. The highest BCUT2D eigenvalue weighted by atomic mass is 32.2. The van der Waals surface area contributed by atoms with Crippen LogP contribution in [0.2, 0.25) is 0 Å². The molecule has 1 atom stereocenters. The predicted octanol–water partition coefficient (Wildman–Crippen LogP) is 1.61. The summed E-state index contributed by atoms with van der Waals surface area (Å²) in [5.41, 5.74) is 1.42. The molecule has 1 aromatic heterocycles. The van der Waals surface area contributed by atoms with E-state index in [9.17, 15) is 13.2 Å². The standard InChI is InChI=1S/C16H19N3O3S/c1-12-15-4-3-9-18(15)10-11-19(12)23(21,22)14-7-5-13(6-8-14)16(20)17-2/h3-9,12H,10-11H2,1-2H3,(H,17,20). The number of aromatic nitrogens is 1. The van der Waals surface area contributed by atoms with Gasteiger partial charge in [0.25, 0.3) is 5.91 Å². The molecule has 7 heteroatoms. The summed E-state index contributed by atoms with van der Waals surface area (Å²) in [4.78, 5) is 11.8. The average molecular weight is 333 g/mol. The number of nitrogens with zero attached hydrogens (tertiary/aromatic N) is 2. The van der Waals surface area contributed by atoms with Gasteiger partial charge in [0.05, 0.1) is 10.9 Å². The Hall–Kier alpha value is -2.12. The van der Waals surface area contributed by atoms with Crippen molar-refractivity contribution in [1.29, 1.82) is 0 Å². The highest BCUT2D eigenvalue weighted by Crippen LogP contribution is 2.30. The summed E-state index contributed by atoms with van der Waals surface area (Å²) >= 11 is 0. The molecule has 0 radical (unpaired) electrons. The molecule has 122 valence electrons. The van der Waals surface area contributed by atoms with Crippen LogP contribution in [0.5, 0.6) is 0 Å². The van der Waals surface area contributed by atoms with E-state index in [0.29, 0.717) is 18.7 Å². The second-order valence-electron chi connectivity index (χ2n) is 5.52. The Morgan fingerprint density at radius 3 is 2.52 bits per heavy atom. The second kappa shape index (κ2) is 5.82. The highest BCUT2D eigenvalue weighted by Gasteiger charge is 2.33. The molecule has 0 fully saturated rings. The van der Waals surface area contributed by atoms with Gasteiger partial charge < -0.3 is 9.88 Å². The highest BCUT2D eigenvalue weighted by molar-refractivity contribution is 7.89. The van der Waals surface area contributed by atoms with E-state index in [1.807, 2.05) is 25.3 Å². The van der Waals surface area contributed by atoms with Crippen LogP contribution in [-0.4, -0.2) is 36.8 Å². The van der Waals surface area contributed by atoms with Crippen molar-refractivity contribution in [3.05, 3.63) is 53.9 Å². The van der Waals surface area contributed by atoms with E-state index in [-0.39, 0.29) is 16.8 Å². The van der Waals surface area contributed by atoms with Gasteiger partial charge in [0.1, 0.15) is 0 Å². The van der Waals surface area contributed by atoms with Crippen molar-refractivity contribution in [3.63, 3.8) is 0 Å². The fourth-order valence-corrected chi connectivity index (χ4v) is 4.54. The maximum Gasteiger partial charge on any atom is 0.251 e. The molecule has 1 amide bonds. The summed E-state index contributed by atoms with van der Waals surface area (Å²) in [5, 5.41) is 2.52. The topological polar surface area (TPSA) is 71.4 Å². The summed E-state index contributed by atoms with van der Waals surface area (Å²) in [5.74, 6) is -0.238. The van der Waals surface area contributed by atoms with Crippen molar-refractivity contribution in [2.24, 2.45) is 0 Å². The van der Waals surface area contributed by atoms with Gasteiger partial charge in [0.2, 0.25) is 10.0 Å². The zero-order valence-corrected chi connectivity index (χ0v) is 13.9. The van der Waals surface area contributed by atoms with E-state index in [1.165, 1.54) is 35.6 Å². The largest absolute Gasteiger partial charge is 0.355 e. The monoisotopic (exact) mass is 333 g/mol. The van der Waals surface area contributed by atoms with Gasteiger partial charge in [0.15, 0.2) is 0 Å². The number of sulfonamides is 1. The Labute approximate surface area is 135 Å². The average Bonchev–Trinajstić information content (AvgIpc) is 3.04. The minimum atomic E-state index is -3.59. The van der Waals surface area contributed by atoms with E-state index in [2.05, 4.69) is 9.88 Å². The Balaban J connectivity index is 1.92. The van der Waals surface area contributed by atoms with Crippen LogP contribution >= 0.6 is 0 Å². The van der Waals surface area contributed by atoms with Gasteiger partial charge in [-0.3, -0.25) is 4.79 Å². The van der Waals surface area contributed by atoms with Crippen molar-refractivity contribution in [1.82, 2.24) is 14.2 Å². The van der Waals surface area contributed by atoms with Crippen LogP contribution in [0.4, 0.5) is 0 Å². The van der Waals surface area contributed by atoms with E-state index in [4.69, 9.17) is 0 Å². The van der Waals surface area contributed by atoms with Crippen LogP contribution in [0.1, 0.15) is 29.0 Å². The van der Waals surface area contributed by atoms with Crippen molar-refractivity contribution in [2.45, 2.75) is 24.4 Å². The lowest BCUT2D eigenvalue weighted by Crippen LogP contribution is -2.40. The molecular formula is C16H19N3O3S. The van der Waals surface area contributed by atoms with E-state index < -0.39 is 10.0 Å². The Morgan fingerprint density at radius 2 is 1.87 bits per heavy atom. The number of rotatable bonds is 3. The van der Waals surface area contributed by atoms with E-state index in [0.717, 1.165) is 5.69 Å². The SMILES string of the molecule is CNC(=O)c1ccc(S(=O)(=O)N2CCn3cccc3C2C)cc1. The molecule has 3 rings (SSSR count). The van der Waals surface area contributed by atoms with Gasteiger partial charge in [-0.25, -0.2) is 8.42 Å². The summed E-state index contributed by atoms with van der Waals surface area (Å²) in [6, 6.07) is 9.69. The number of amides is 1. The molecule has 0 saturated heterocycles. The molecule has 0 bridgehead atoms. The van der Waals surface area contributed by atoms with Crippen molar-refractivity contribution >= 4 is 15.9 Å². The van der Waals surface area contributed by atoms with Crippen molar-refractivity contribution in [3.8, 4) is 0 Å². The lowest BCUT2D eigenvalue weighted by atomic mass is 10.2. The zero-order chi connectivity index (χ0) is 16.6. The van der Waals surface area contributed by atoms with Crippen molar-refractivity contribution in [2.75, 3.05) is 13.6 Å². The fraction of sp³-hybridized carbons (Fsp3) is 0.312. The van der Waals surface area contributed by atoms with Crippen LogP contribution in [0.25, 0.3) is 0 Å². The third-order valence-electron chi connectivity index (χ3n) is 4.24. The number of hydrogen-bond acceptors (Lipinski definition) is 3. The van der Waals surface area contributed by atoms with Crippen LogP contribution in [0.3, 0.4) is 0 Å². The molecule has 6 nitrogen and oxygen atoms in total. The summed E-state index contributed by atoms with van der Waals surface area (Å²) < 4.78 is 29.4. The molecule has 1 aromatic carbocycles. The van der Waals surface area contributed by atoms with Crippen LogP contribution in [0, 0.1) is 0 Å². The fourth-order valence-electron chi connectivity index (χ4n) is 2.94. The molecule has 1 aliphatic rings. The number of carbonyl (C=O) groups is 1. The lowest BCUT2D eigenvalue weighted by Gasteiger charge is -2.33. The number of hydrogen-bond donors (Lipinski definition) is 1. The third kappa shape index (κ3) is 2.66. The van der Waals surface area contributed by atoms with Crippen LogP contribution in [-0.2, 0) is 16.6 Å². The third-order valence-corrected chi connectivity index (χ3v) is 6.22. The molecule has 1 unspecified atom stereocenters. The molecule has 0 spiro atoms. The Morgan fingerprint density at radius 1 is 1.17 bits per heavy atom. The zero-order valence-electron chi connectivity index (χ0n) is 13.1. The second-order valence-corrected chi connectivity index (χ2v) is 7.41. The first-order valence-corrected chi connectivity index (χ1v) is 8.88. The summed E-state index contributed by atoms with van der Waals surface area (Å²) in [6.07, 6.45) is 1.97. The smallest absolute Gasteiger partial charge is 0.251 e. The summed E-state index contributed by atoms with van der Waals surface area (Å²) in [7, 11) is -2.05. The van der Waals surface area contributed by atoms with Gasteiger partial charge >= 0.3 is 0 Å². The molecular weight excluding hydrogens is 314 g/mol. The molecule has 1 N–H and O–H groups in total. The molecule has 0 aliphatic carbocycles. The predicted molar refractivity (Wildman–Crippen MR) is 86.6 cm³/mol. The first-order valence-electron chi connectivity index (χ1n) is 7.44. The number of carbonyl (C=O) groups excluding carboxylic acids is 1. The Bertz CT molecular complexity index is 825. The van der Waals surface area contributed by atoms with E-state index >= 15 is 0 Å². The minimum Gasteiger partial charge on any atom is -0.355 e. The van der Waals surface area contributed by atoms with Gasteiger partial charge in [-0.05, 0) is 43.3 Å². The van der Waals surface area contributed by atoms with Crippen molar-refractivity contribution < 1.29 is 13.2 Å². The molecule has 1 aliphatic heterocycles. The van der Waals surface area contributed by atoms with Gasteiger partial charge in [0, 0.05) is 37.6 Å². The summed E-state index contributed by atoms with van der Waals surface area (Å²) in [6.45, 7) is 2.96. The Kier molecular flexibility index (Phi) is 3.99. The van der Waals surface area contributed by atoms with E-state index in [1.54, 1.807) is 0 Å². The number of benzene rings is 1. The van der Waals surface area contributed by atoms with Gasteiger partial charge in [-0.2, -0.15) is 4.31 Å².